The van der Waals surface area contributed by atoms with Crippen molar-refractivity contribution >= 4 is 0 Å². The van der Waals surface area contributed by atoms with E-state index >= 15 is 0 Å². The molecule has 3 aliphatic heterocycles. The van der Waals surface area contributed by atoms with Gasteiger partial charge in [0.15, 0.2) is 0 Å². The fourth-order valence-electron chi connectivity index (χ4n) is 17.1. The van der Waals surface area contributed by atoms with Gasteiger partial charge in [-0.1, -0.05) is 190 Å². The molecular weight excluding hydrogens is 1260 g/mol. The number of ether oxygens (including phenoxy) is 6. The van der Waals surface area contributed by atoms with E-state index in [1.54, 1.807) is 42.7 Å². The molecule has 12 heteroatoms. The van der Waals surface area contributed by atoms with Gasteiger partial charge in [0.2, 0.25) is 0 Å². The third kappa shape index (κ3) is 18.8. The summed E-state index contributed by atoms with van der Waals surface area (Å²) in [4.78, 5) is 17.0. The van der Waals surface area contributed by atoms with E-state index in [-0.39, 0.29) is 24.2 Å². The maximum atomic E-state index is 5.75. The Hall–Kier alpha value is -8.46. The molecule has 12 nitrogen and oxygen atoms in total. The largest absolute Gasteiger partial charge is 0.497 e. The third-order valence-electron chi connectivity index (χ3n) is 22.6. The molecule has 6 bridgehead atoms. The number of nitrogens with zero attached hydrogens (tertiary/aromatic N) is 6. The quantitative estimate of drug-likeness (QED) is 0.0821. The number of allylic oxidation sites excluding steroid dienone is 2. The molecule has 0 saturated heterocycles. The van der Waals surface area contributed by atoms with Crippen molar-refractivity contribution in [1.82, 2.24) is 29.4 Å². The molecular formula is C90H108N6O6. The summed E-state index contributed by atoms with van der Waals surface area (Å²) in [6, 6.07) is 74.2. The lowest BCUT2D eigenvalue weighted by molar-refractivity contribution is 0.0282. The number of methoxy groups -OCH3 is 6. The molecule has 7 aliphatic rings. The van der Waals surface area contributed by atoms with Crippen LogP contribution in [0.25, 0.3) is 0 Å². The highest BCUT2D eigenvalue weighted by Crippen LogP contribution is 2.38. The maximum absolute atomic E-state index is 5.75. The predicted octanol–water partition coefficient (Wildman–Crippen LogP) is 17.8. The van der Waals surface area contributed by atoms with Crippen LogP contribution in [0.2, 0.25) is 0 Å². The standard InChI is InChI=1S/C90H108N6O6/c1-97-79-44-31-72(32-45-79)61-91-56-67-14-13-15-78(43-30-67)96(66-77-41-54-84(102-6)55-42-77)90-21-12-11-20-89(90)95(65-76-39-52-83(101-5)53-40-76)60-71-28-26-70(27-29-71)59-94(64-75-37-50-82(100-4)51-38-75)88-19-10-9-18-87(88)93(63-74-35-48-81(99-3)49-36-74)58-69-24-22-68(23-25-69)57-92(86-17-8-7-16-85(86)91)62-73-33-46-80(98-2)47-34-73/h13-15,22-55,78,85-90H,7-12,16-21,56-66H2,1-6H3/t78?,85-,86-,87-,88-,89-,90-/m1/s1. The first-order chi connectivity index (χ1) is 50.2. The minimum atomic E-state index is 0.0487. The van der Waals surface area contributed by atoms with Gasteiger partial charge in [0.25, 0.3) is 0 Å². The van der Waals surface area contributed by atoms with Gasteiger partial charge in [-0.25, -0.2) is 0 Å². The number of benzene rings is 8. The first-order valence-corrected chi connectivity index (χ1v) is 37.6. The summed E-state index contributed by atoms with van der Waals surface area (Å²) >= 11 is 0. The van der Waals surface area contributed by atoms with Crippen molar-refractivity contribution in [1.29, 1.82) is 0 Å². The van der Waals surface area contributed by atoms with E-state index in [1.165, 1.54) is 99.7 Å². The first kappa shape index (κ1) is 71.9. The van der Waals surface area contributed by atoms with Gasteiger partial charge in [-0.15, -0.1) is 0 Å². The fraction of sp³-hybridized carbons (Fsp3) is 0.400. The van der Waals surface area contributed by atoms with Crippen molar-refractivity contribution in [2.24, 2.45) is 0 Å². The molecule has 0 radical (unpaired) electrons. The number of hydrogen-bond donors (Lipinski definition) is 0. The molecule has 3 saturated carbocycles. The van der Waals surface area contributed by atoms with E-state index in [2.05, 4.69) is 254 Å². The van der Waals surface area contributed by atoms with E-state index in [0.717, 1.165) is 145 Å². The van der Waals surface area contributed by atoms with Crippen molar-refractivity contribution < 1.29 is 28.4 Å². The highest BCUT2D eigenvalue weighted by Gasteiger charge is 2.39. The smallest absolute Gasteiger partial charge is 0.118 e. The van der Waals surface area contributed by atoms with Gasteiger partial charge in [0.05, 0.1) is 42.7 Å². The van der Waals surface area contributed by atoms with Crippen molar-refractivity contribution in [2.45, 2.75) is 185 Å². The Morgan fingerprint density at radius 3 is 0.765 bits per heavy atom. The van der Waals surface area contributed by atoms with Gasteiger partial charge in [-0.05, 0) is 173 Å². The van der Waals surface area contributed by atoms with Crippen molar-refractivity contribution in [3.05, 3.63) is 286 Å². The minimum absolute atomic E-state index is 0.0487. The van der Waals surface area contributed by atoms with Crippen molar-refractivity contribution in [3.63, 3.8) is 0 Å². The minimum Gasteiger partial charge on any atom is -0.497 e. The Morgan fingerprint density at radius 1 is 0.265 bits per heavy atom. The summed E-state index contributed by atoms with van der Waals surface area (Å²) in [6.45, 7) is 9.11. The summed E-state index contributed by atoms with van der Waals surface area (Å²) in [6.07, 6.45) is 26.2. The van der Waals surface area contributed by atoms with E-state index in [4.69, 9.17) is 28.4 Å². The lowest BCUT2D eigenvalue weighted by Gasteiger charge is -2.47. The van der Waals surface area contributed by atoms with E-state index in [0.29, 0.717) is 18.1 Å². The van der Waals surface area contributed by atoms with E-state index in [9.17, 15) is 0 Å². The Kier molecular flexibility index (Phi) is 25.1. The number of fused-ring (bicyclic) bond motifs is 2. The summed E-state index contributed by atoms with van der Waals surface area (Å²) in [5.74, 6) is 5.28. The van der Waals surface area contributed by atoms with Crippen LogP contribution in [0.4, 0.5) is 0 Å². The Labute approximate surface area is 608 Å². The molecule has 3 heterocycles. The Balaban J connectivity index is 0.926. The molecule has 8 aromatic carbocycles. The molecule has 4 aliphatic carbocycles. The second-order valence-electron chi connectivity index (χ2n) is 29.2. The lowest BCUT2D eigenvalue weighted by atomic mass is 9.86. The van der Waals surface area contributed by atoms with E-state index in [1.807, 2.05) is 0 Å². The molecule has 0 spiro atoms. The van der Waals surface area contributed by atoms with Crippen molar-refractivity contribution in [2.75, 3.05) is 49.2 Å². The molecule has 0 amide bonds. The molecule has 7 atom stereocenters. The summed E-state index contributed by atoms with van der Waals surface area (Å²) in [5, 5.41) is 0. The molecule has 3 fully saturated rings. The maximum Gasteiger partial charge on any atom is 0.118 e. The summed E-state index contributed by atoms with van der Waals surface area (Å²) in [5.41, 5.74) is 14.4. The molecule has 8 aromatic rings. The van der Waals surface area contributed by atoms with Crippen LogP contribution in [-0.4, -0.2) is 121 Å². The van der Waals surface area contributed by atoms with Crippen LogP contribution in [-0.2, 0) is 65.4 Å². The van der Waals surface area contributed by atoms with Crippen LogP contribution < -0.4 is 28.4 Å². The molecule has 0 aromatic heterocycles. The average Bonchev–Trinajstić information content (AvgIpc) is 1.72. The van der Waals surface area contributed by atoms with Crippen LogP contribution in [0.5, 0.6) is 34.5 Å². The molecule has 1 unspecified atom stereocenters. The molecule has 534 valence electrons. The highest BCUT2D eigenvalue weighted by molar-refractivity contribution is 5.37. The fourth-order valence-corrected chi connectivity index (χ4v) is 17.1. The number of hydrogen-bond acceptors (Lipinski definition) is 12. The van der Waals surface area contributed by atoms with Gasteiger partial charge in [0, 0.05) is 114 Å². The Morgan fingerprint density at radius 2 is 0.500 bits per heavy atom. The Bertz CT molecular complexity index is 3960. The SMILES string of the molecule is COc1ccc(CN2CC3=CC=CC(C=C3)N(Cc3ccc(OC)cc3)[C@@H]3CCCC[C@H]3N(Cc3ccc(OC)cc3)Cc3ccc(cc3)CN(Cc3ccc(OC)cc3)[C@@H]3CCCC[C@H]3N(Cc3ccc(OC)cc3)Cc3ccc(cc3)CN(Cc3ccc(OC)cc3)[C@@H]3CCCC[C@H]32)cc1. The topological polar surface area (TPSA) is 74.8 Å². The normalized spacial score (nSPS) is 22.4. The van der Waals surface area contributed by atoms with Gasteiger partial charge in [-0.2, -0.15) is 0 Å². The van der Waals surface area contributed by atoms with Crippen LogP contribution in [0, 0.1) is 0 Å². The van der Waals surface area contributed by atoms with Crippen LogP contribution in [0.3, 0.4) is 0 Å². The predicted molar refractivity (Wildman–Crippen MR) is 412 cm³/mol. The highest BCUT2D eigenvalue weighted by atomic mass is 16.5. The van der Waals surface area contributed by atoms with Gasteiger partial charge < -0.3 is 28.4 Å². The average molecular weight is 1370 g/mol. The second kappa shape index (κ2) is 35.6. The second-order valence-corrected chi connectivity index (χ2v) is 29.2. The summed E-state index contributed by atoms with van der Waals surface area (Å²) in [7, 11) is 10.6. The lowest BCUT2D eigenvalue weighted by Crippen LogP contribution is -2.55. The third-order valence-corrected chi connectivity index (χ3v) is 22.6. The van der Waals surface area contributed by atoms with Crippen LogP contribution >= 0.6 is 0 Å². The first-order valence-electron chi connectivity index (χ1n) is 37.6. The molecule has 102 heavy (non-hydrogen) atoms. The molecule has 0 N–H and O–H groups in total. The van der Waals surface area contributed by atoms with Gasteiger partial charge in [-0.3, -0.25) is 29.4 Å². The van der Waals surface area contributed by atoms with Gasteiger partial charge in [0.1, 0.15) is 34.5 Å². The molecule has 15 rings (SSSR count). The number of rotatable bonds is 18. The van der Waals surface area contributed by atoms with Crippen LogP contribution in [0.1, 0.15) is 133 Å². The van der Waals surface area contributed by atoms with E-state index < -0.39 is 0 Å². The monoisotopic (exact) mass is 1370 g/mol. The van der Waals surface area contributed by atoms with Crippen molar-refractivity contribution in [3.8, 4) is 34.5 Å². The zero-order valence-corrected chi connectivity index (χ0v) is 61.3. The zero-order chi connectivity index (χ0) is 70.0. The summed E-state index contributed by atoms with van der Waals surface area (Å²) < 4.78 is 34.4. The van der Waals surface area contributed by atoms with Crippen LogP contribution in [0.15, 0.2) is 230 Å². The zero-order valence-electron chi connectivity index (χ0n) is 61.3. The van der Waals surface area contributed by atoms with Gasteiger partial charge >= 0.3 is 0 Å².